The number of rotatable bonds is 9. The predicted molar refractivity (Wildman–Crippen MR) is 70.1 cm³/mol. The summed E-state index contributed by atoms with van der Waals surface area (Å²) in [5.74, 6) is 0.527. The van der Waals surface area contributed by atoms with Gasteiger partial charge in [-0.3, -0.25) is 0 Å². The molecule has 0 heterocycles. The molecule has 1 atom stereocenters. The summed E-state index contributed by atoms with van der Waals surface area (Å²) in [6.07, 6.45) is -0.387. The molecule has 0 aromatic heterocycles. The van der Waals surface area contributed by atoms with Crippen LogP contribution in [0.25, 0.3) is 0 Å². The van der Waals surface area contributed by atoms with E-state index in [-0.39, 0.29) is 12.5 Å². The lowest BCUT2D eigenvalue weighted by Crippen LogP contribution is -2.39. The Morgan fingerprint density at radius 1 is 1.26 bits per heavy atom. The van der Waals surface area contributed by atoms with Crippen LogP contribution in [0, 0.1) is 5.92 Å². The first-order chi connectivity index (χ1) is 8.94. The van der Waals surface area contributed by atoms with Gasteiger partial charge in [0.2, 0.25) is 0 Å². The van der Waals surface area contributed by atoms with Crippen LogP contribution in [0.2, 0.25) is 0 Å². The second-order valence-corrected chi connectivity index (χ2v) is 5.46. The zero-order valence-corrected chi connectivity index (χ0v) is 11.9. The van der Waals surface area contributed by atoms with Crippen LogP contribution in [0.1, 0.15) is 52.4 Å². The van der Waals surface area contributed by atoms with Crippen LogP contribution in [-0.2, 0) is 4.74 Å². The Kier molecular flexibility index (Phi) is 7.15. The van der Waals surface area contributed by atoms with E-state index in [1.165, 1.54) is 0 Å². The van der Waals surface area contributed by atoms with Crippen LogP contribution in [0.15, 0.2) is 0 Å². The molecule has 0 spiro atoms. The summed E-state index contributed by atoms with van der Waals surface area (Å²) in [7, 11) is 0. The maximum absolute atomic E-state index is 12.3. The molecule has 1 rings (SSSR count). The Morgan fingerprint density at radius 2 is 1.95 bits per heavy atom. The zero-order valence-electron chi connectivity index (χ0n) is 11.9. The van der Waals surface area contributed by atoms with E-state index in [0.717, 1.165) is 38.8 Å². The molecule has 1 aliphatic carbocycles. The molecule has 0 saturated heterocycles. The van der Waals surface area contributed by atoms with E-state index >= 15 is 0 Å². The summed E-state index contributed by atoms with van der Waals surface area (Å²) in [6, 6.07) is -0.00542. The Morgan fingerprint density at radius 3 is 2.47 bits per heavy atom. The van der Waals surface area contributed by atoms with Crippen LogP contribution in [0.5, 0.6) is 0 Å². The molecule has 1 saturated carbocycles. The van der Waals surface area contributed by atoms with E-state index in [4.69, 9.17) is 4.74 Å². The van der Waals surface area contributed by atoms with Gasteiger partial charge >= 0.3 is 6.18 Å². The minimum Gasteiger partial charge on any atom is -0.378 e. The van der Waals surface area contributed by atoms with Crippen molar-refractivity contribution in [2.45, 2.75) is 70.7 Å². The number of nitrogens with one attached hydrogen (secondary N) is 1. The van der Waals surface area contributed by atoms with Gasteiger partial charge in [-0.15, -0.1) is 0 Å². The van der Waals surface area contributed by atoms with E-state index in [1.54, 1.807) is 0 Å². The fourth-order valence-corrected chi connectivity index (χ4v) is 2.63. The summed E-state index contributed by atoms with van der Waals surface area (Å²) < 4.78 is 42.3. The number of ether oxygens (including phenoxy) is 1. The molecule has 0 bridgehead atoms. The van der Waals surface area contributed by atoms with Crippen molar-refractivity contribution >= 4 is 0 Å². The van der Waals surface area contributed by atoms with Crippen LogP contribution >= 0.6 is 0 Å². The Hall–Kier alpha value is -0.290. The van der Waals surface area contributed by atoms with Crippen LogP contribution < -0.4 is 5.32 Å². The normalized spacial score (nSPS) is 25.1. The second kappa shape index (κ2) is 8.10. The first-order valence-corrected chi connectivity index (χ1v) is 7.36. The third kappa shape index (κ3) is 7.16. The molecule has 19 heavy (non-hydrogen) atoms. The number of hydrogen-bond donors (Lipinski definition) is 1. The van der Waals surface area contributed by atoms with E-state index in [9.17, 15) is 13.2 Å². The molecule has 1 N–H and O–H groups in total. The molecule has 114 valence electrons. The highest BCUT2D eigenvalue weighted by atomic mass is 19.4. The summed E-state index contributed by atoms with van der Waals surface area (Å²) in [5.41, 5.74) is 0. The van der Waals surface area contributed by atoms with Crippen molar-refractivity contribution < 1.29 is 17.9 Å². The minimum atomic E-state index is -4.04. The second-order valence-electron chi connectivity index (χ2n) is 5.46. The first-order valence-electron chi connectivity index (χ1n) is 7.36. The highest BCUT2D eigenvalue weighted by molar-refractivity contribution is 4.84. The fraction of sp³-hybridized carbons (Fsp3) is 1.00. The predicted octanol–water partition coefficient (Wildman–Crippen LogP) is 3.90. The lowest BCUT2D eigenvalue weighted by Gasteiger charge is -2.37. The topological polar surface area (TPSA) is 21.3 Å². The molecule has 1 fully saturated rings. The largest absolute Gasteiger partial charge is 0.389 e. The average Bonchev–Trinajstić information content (AvgIpc) is 2.28. The van der Waals surface area contributed by atoms with Gasteiger partial charge in [-0.2, -0.15) is 13.2 Å². The summed E-state index contributed by atoms with van der Waals surface area (Å²) >= 11 is 0. The highest BCUT2D eigenvalue weighted by Gasteiger charge is 2.33. The van der Waals surface area contributed by atoms with Gasteiger partial charge in [-0.1, -0.05) is 6.92 Å². The van der Waals surface area contributed by atoms with Gasteiger partial charge in [0.1, 0.15) is 0 Å². The summed E-state index contributed by atoms with van der Waals surface area (Å²) in [4.78, 5) is 0. The molecule has 1 unspecified atom stereocenters. The smallest absolute Gasteiger partial charge is 0.378 e. The molecule has 1 aliphatic rings. The molecule has 0 radical (unpaired) electrons. The van der Waals surface area contributed by atoms with Gasteiger partial charge < -0.3 is 10.1 Å². The number of alkyl halides is 3. The Labute approximate surface area is 114 Å². The lowest BCUT2D eigenvalue weighted by atomic mass is 9.77. The minimum absolute atomic E-state index is 0.00542. The van der Waals surface area contributed by atoms with Gasteiger partial charge in [-0.25, -0.2) is 0 Å². The fourth-order valence-electron chi connectivity index (χ4n) is 2.63. The Bertz CT molecular complexity index is 239. The SMILES string of the molecule is CCCNC(CCC(F)(F)F)CC1CC(OCC)C1. The first kappa shape index (κ1) is 16.8. The lowest BCUT2D eigenvalue weighted by molar-refractivity contribution is -0.137. The Balaban J connectivity index is 2.26. The molecule has 2 nitrogen and oxygen atoms in total. The van der Waals surface area contributed by atoms with Crippen molar-refractivity contribution in [3.63, 3.8) is 0 Å². The monoisotopic (exact) mass is 281 g/mol. The van der Waals surface area contributed by atoms with Crippen molar-refractivity contribution in [1.82, 2.24) is 5.32 Å². The molecule has 5 heteroatoms. The van der Waals surface area contributed by atoms with Crippen LogP contribution in [0.3, 0.4) is 0 Å². The van der Waals surface area contributed by atoms with Gasteiger partial charge in [0.05, 0.1) is 6.10 Å². The molecule has 0 aromatic carbocycles. The third-order valence-electron chi connectivity index (χ3n) is 3.67. The molecule has 0 aromatic rings. The van der Waals surface area contributed by atoms with Crippen molar-refractivity contribution in [2.24, 2.45) is 5.92 Å². The molecule has 0 amide bonds. The number of hydrogen-bond acceptors (Lipinski definition) is 2. The van der Waals surface area contributed by atoms with E-state index in [0.29, 0.717) is 12.0 Å². The van der Waals surface area contributed by atoms with Crippen LogP contribution in [-0.4, -0.2) is 31.5 Å². The van der Waals surface area contributed by atoms with Crippen molar-refractivity contribution in [1.29, 1.82) is 0 Å². The average molecular weight is 281 g/mol. The third-order valence-corrected chi connectivity index (χ3v) is 3.67. The van der Waals surface area contributed by atoms with Gasteiger partial charge in [-0.05, 0) is 51.5 Å². The van der Waals surface area contributed by atoms with Gasteiger partial charge in [0, 0.05) is 19.1 Å². The maximum Gasteiger partial charge on any atom is 0.389 e. The molecular weight excluding hydrogens is 255 g/mol. The van der Waals surface area contributed by atoms with E-state index < -0.39 is 12.6 Å². The molecular formula is C14H26F3NO. The van der Waals surface area contributed by atoms with Crippen molar-refractivity contribution in [3.05, 3.63) is 0 Å². The van der Waals surface area contributed by atoms with Gasteiger partial charge in [0.25, 0.3) is 0 Å². The highest BCUT2D eigenvalue weighted by Crippen LogP contribution is 2.35. The van der Waals surface area contributed by atoms with Crippen molar-refractivity contribution in [2.75, 3.05) is 13.2 Å². The van der Waals surface area contributed by atoms with Crippen LogP contribution in [0.4, 0.5) is 13.2 Å². The summed E-state index contributed by atoms with van der Waals surface area (Å²) in [5, 5.41) is 3.25. The number of halogens is 3. The van der Waals surface area contributed by atoms with Gasteiger partial charge in [0.15, 0.2) is 0 Å². The molecule has 0 aliphatic heterocycles. The summed E-state index contributed by atoms with van der Waals surface area (Å²) in [6.45, 7) is 5.53. The van der Waals surface area contributed by atoms with Crippen molar-refractivity contribution in [3.8, 4) is 0 Å². The van der Waals surface area contributed by atoms with E-state index in [2.05, 4.69) is 5.32 Å². The maximum atomic E-state index is 12.3. The van der Waals surface area contributed by atoms with E-state index in [1.807, 2.05) is 13.8 Å². The zero-order chi connectivity index (χ0) is 14.3. The quantitative estimate of drug-likeness (QED) is 0.692. The standard InChI is InChI=1S/C14H26F3NO/c1-3-7-18-12(5-6-14(15,16)17)8-11-9-13(10-11)19-4-2/h11-13,18H,3-10H2,1-2H3.